The molecule has 0 aliphatic heterocycles. The molecule has 2 rings (SSSR count). The molecule has 0 atom stereocenters. The van der Waals surface area contributed by atoms with Gasteiger partial charge in [0.05, 0.1) is 14.2 Å². The minimum atomic E-state index is 0.776. The number of nitrogens with one attached hydrogen (secondary N) is 1. The lowest BCUT2D eigenvalue weighted by Gasteiger charge is -2.10. The van der Waals surface area contributed by atoms with Crippen LogP contribution in [-0.4, -0.2) is 14.2 Å². The highest BCUT2D eigenvalue weighted by atomic mass is 127. The number of methoxy groups -OCH3 is 2. The van der Waals surface area contributed by atoms with Gasteiger partial charge in [0.25, 0.3) is 0 Å². The van der Waals surface area contributed by atoms with Gasteiger partial charge in [-0.2, -0.15) is 0 Å². The first-order chi connectivity index (χ1) is 9.72. The molecule has 0 aromatic heterocycles. The maximum absolute atomic E-state index is 5.27. The highest BCUT2D eigenvalue weighted by molar-refractivity contribution is 14.1. The molecule has 0 aliphatic carbocycles. The summed E-state index contributed by atoms with van der Waals surface area (Å²) >= 11 is 2.36. The zero-order valence-electron chi connectivity index (χ0n) is 11.7. The van der Waals surface area contributed by atoms with Gasteiger partial charge in [0.2, 0.25) is 0 Å². The minimum Gasteiger partial charge on any atom is -0.497 e. The topological polar surface area (TPSA) is 30.5 Å². The lowest BCUT2D eigenvalue weighted by atomic mass is 10.2. The van der Waals surface area contributed by atoms with Gasteiger partial charge in [-0.1, -0.05) is 18.2 Å². The van der Waals surface area contributed by atoms with Gasteiger partial charge < -0.3 is 14.8 Å². The van der Waals surface area contributed by atoms with E-state index in [-0.39, 0.29) is 0 Å². The van der Waals surface area contributed by atoms with Crippen molar-refractivity contribution in [2.75, 3.05) is 14.2 Å². The van der Waals surface area contributed by atoms with E-state index < -0.39 is 0 Å². The molecule has 0 amide bonds. The Hall–Kier alpha value is -1.27. The van der Waals surface area contributed by atoms with Crippen LogP contribution < -0.4 is 14.8 Å². The second-order valence-electron chi connectivity index (χ2n) is 4.42. The predicted octanol–water partition coefficient (Wildman–Crippen LogP) is 3.60. The third-order valence-corrected chi connectivity index (χ3v) is 4.07. The maximum Gasteiger partial charge on any atom is 0.122 e. The Morgan fingerprint density at radius 1 is 0.950 bits per heavy atom. The Morgan fingerprint density at radius 3 is 2.20 bits per heavy atom. The van der Waals surface area contributed by atoms with Crippen molar-refractivity contribution in [2.24, 2.45) is 0 Å². The minimum absolute atomic E-state index is 0.776. The molecule has 0 fully saturated rings. The third-order valence-electron chi connectivity index (χ3n) is 3.01. The Balaban J connectivity index is 1.99. The van der Waals surface area contributed by atoms with E-state index in [4.69, 9.17) is 9.47 Å². The van der Waals surface area contributed by atoms with Gasteiger partial charge in [-0.05, 0) is 51.9 Å². The van der Waals surface area contributed by atoms with Gasteiger partial charge in [0, 0.05) is 22.7 Å². The van der Waals surface area contributed by atoms with Gasteiger partial charge in [-0.15, -0.1) is 0 Å². The molecule has 0 saturated carbocycles. The van der Waals surface area contributed by atoms with E-state index in [1.54, 1.807) is 14.2 Å². The first kappa shape index (κ1) is 15.1. The molecular formula is C16H18INO2. The van der Waals surface area contributed by atoms with Gasteiger partial charge in [-0.25, -0.2) is 0 Å². The molecular weight excluding hydrogens is 365 g/mol. The molecule has 3 nitrogen and oxygen atoms in total. The van der Waals surface area contributed by atoms with Crippen molar-refractivity contribution < 1.29 is 9.47 Å². The largest absolute Gasteiger partial charge is 0.497 e. The van der Waals surface area contributed by atoms with Gasteiger partial charge in [0.1, 0.15) is 11.5 Å². The summed E-state index contributed by atoms with van der Waals surface area (Å²) in [6.07, 6.45) is 0. The van der Waals surface area contributed by atoms with Crippen molar-refractivity contribution in [3.63, 3.8) is 0 Å². The smallest absolute Gasteiger partial charge is 0.122 e. The number of rotatable bonds is 6. The van der Waals surface area contributed by atoms with Crippen LogP contribution in [0, 0.1) is 3.57 Å². The average molecular weight is 383 g/mol. The number of hydrogen-bond acceptors (Lipinski definition) is 3. The van der Waals surface area contributed by atoms with E-state index in [0.717, 1.165) is 30.2 Å². The summed E-state index contributed by atoms with van der Waals surface area (Å²) in [5.41, 5.74) is 2.45. The molecule has 106 valence electrons. The van der Waals surface area contributed by atoms with Crippen LogP contribution in [0.4, 0.5) is 0 Å². The fourth-order valence-electron chi connectivity index (χ4n) is 1.95. The third kappa shape index (κ3) is 4.11. The maximum atomic E-state index is 5.27. The molecule has 0 aliphatic rings. The van der Waals surface area contributed by atoms with Crippen LogP contribution in [0.5, 0.6) is 11.5 Å². The van der Waals surface area contributed by atoms with Crippen LogP contribution in [0.15, 0.2) is 42.5 Å². The second kappa shape index (κ2) is 7.50. The van der Waals surface area contributed by atoms with E-state index in [2.05, 4.69) is 52.2 Å². The van der Waals surface area contributed by atoms with E-state index >= 15 is 0 Å². The fraction of sp³-hybridized carbons (Fsp3) is 0.250. The van der Waals surface area contributed by atoms with Crippen molar-refractivity contribution in [1.29, 1.82) is 0 Å². The molecule has 0 bridgehead atoms. The predicted molar refractivity (Wildman–Crippen MR) is 89.2 cm³/mol. The van der Waals surface area contributed by atoms with Crippen LogP contribution in [0.3, 0.4) is 0 Å². The van der Waals surface area contributed by atoms with Crippen molar-refractivity contribution in [1.82, 2.24) is 5.32 Å². The van der Waals surface area contributed by atoms with Crippen LogP contribution >= 0.6 is 22.6 Å². The Kier molecular flexibility index (Phi) is 5.67. The number of hydrogen-bond donors (Lipinski definition) is 1. The highest BCUT2D eigenvalue weighted by Gasteiger charge is 2.03. The van der Waals surface area contributed by atoms with Crippen molar-refractivity contribution >= 4 is 22.6 Å². The van der Waals surface area contributed by atoms with E-state index in [9.17, 15) is 0 Å². The summed E-state index contributed by atoms with van der Waals surface area (Å²) in [6, 6.07) is 14.3. The van der Waals surface area contributed by atoms with Gasteiger partial charge in [0.15, 0.2) is 0 Å². The summed E-state index contributed by atoms with van der Waals surface area (Å²) in [4.78, 5) is 0. The summed E-state index contributed by atoms with van der Waals surface area (Å²) in [6.45, 7) is 1.62. The fourth-order valence-corrected chi connectivity index (χ4v) is 2.53. The summed E-state index contributed by atoms with van der Waals surface area (Å²) < 4.78 is 11.8. The lowest BCUT2D eigenvalue weighted by Crippen LogP contribution is -2.13. The number of halogens is 1. The molecule has 0 heterocycles. The number of benzene rings is 2. The van der Waals surface area contributed by atoms with Crippen LogP contribution in [0.25, 0.3) is 0 Å². The SMILES string of the molecule is COc1cc(CNCc2ccccc2I)cc(OC)c1. The number of ether oxygens (including phenoxy) is 2. The van der Waals surface area contributed by atoms with E-state index in [1.807, 2.05) is 18.2 Å². The summed E-state index contributed by atoms with van der Waals surface area (Å²) in [5, 5.41) is 3.45. The molecule has 0 saturated heterocycles. The molecule has 0 radical (unpaired) electrons. The van der Waals surface area contributed by atoms with Crippen molar-refractivity contribution in [3.8, 4) is 11.5 Å². The van der Waals surface area contributed by atoms with Crippen LogP contribution in [0.1, 0.15) is 11.1 Å². The zero-order chi connectivity index (χ0) is 14.4. The average Bonchev–Trinajstić information content (AvgIpc) is 2.48. The lowest BCUT2D eigenvalue weighted by molar-refractivity contribution is 0.393. The normalized spacial score (nSPS) is 10.3. The molecule has 0 unspecified atom stereocenters. The van der Waals surface area contributed by atoms with Crippen molar-refractivity contribution in [3.05, 3.63) is 57.2 Å². The molecule has 1 N–H and O–H groups in total. The first-order valence-electron chi connectivity index (χ1n) is 6.39. The molecule has 2 aromatic rings. The molecule has 0 spiro atoms. The van der Waals surface area contributed by atoms with Crippen LogP contribution in [-0.2, 0) is 13.1 Å². The van der Waals surface area contributed by atoms with E-state index in [1.165, 1.54) is 9.13 Å². The second-order valence-corrected chi connectivity index (χ2v) is 5.58. The Labute approximate surface area is 133 Å². The summed E-state index contributed by atoms with van der Waals surface area (Å²) in [5.74, 6) is 1.63. The molecule has 4 heteroatoms. The monoisotopic (exact) mass is 383 g/mol. The Morgan fingerprint density at radius 2 is 1.60 bits per heavy atom. The Bertz CT molecular complexity index is 550. The van der Waals surface area contributed by atoms with Crippen LogP contribution in [0.2, 0.25) is 0 Å². The first-order valence-corrected chi connectivity index (χ1v) is 7.47. The van der Waals surface area contributed by atoms with Gasteiger partial charge in [-0.3, -0.25) is 0 Å². The quantitative estimate of drug-likeness (QED) is 0.774. The standard InChI is InChI=1S/C16H18INO2/c1-19-14-7-12(8-15(9-14)20-2)10-18-11-13-5-3-4-6-16(13)17/h3-9,18H,10-11H2,1-2H3. The zero-order valence-corrected chi connectivity index (χ0v) is 13.8. The van der Waals surface area contributed by atoms with Gasteiger partial charge >= 0.3 is 0 Å². The molecule has 2 aromatic carbocycles. The van der Waals surface area contributed by atoms with Crippen molar-refractivity contribution in [2.45, 2.75) is 13.1 Å². The highest BCUT2D eigenvalue weighted by Crippen LogP contribution is 2.22. The van der Waals surface area contributed by atoms with E-state index in [0.29, 0.717) is 0 Å². The summed E-state index contributed by atoms with van der Waals surface area (Å²) in [7, 11) is 3.33. The molecule has 20 heavy (non-hydrogen) atoms.